The third-order valence-corrected chi connectivity index (χ3v) is 3.07. The lowest BCUT2D eigenvalue weighted by Gasteiger charge is -2.23. The highest BCUT2D eigenvalue weighted by Crippen LogP contribution is 2.28. The largest absolute Gasteiger partial charge is 0.481 e. The van der Waals surface area contributed by atoms with Gasteiger partial charge in [-0.25, -0.2) is 4.99 Å². The molecule has 0 saturated heterocycles. The minimum absolute atomic E-state index is 0.101. The van der Waals surface area contributed by atoms with Crippen LogP contribution in [0.25, 0.3) is 0 Å². The molecule has 0 amide bonds. The van der Waals surface area contributed by atoms with Gasteiger partial charge in [-0.3, -0.25) is 4.79 Å². The van der Waals surface area contributed by atoms with E-state index in [0.29, 0.717) is 19.0 Å². The van der Waals surface area contributed by atoms with Crippen molar-refractivity contribution in [2.75, 3.05) is 13.2 Å². The molecule has 2 rings (SSSR count). The minimum Gasteiger partial charge on any atom is -0.481 e. The summed E-state index contributed by atoms with van der Waals surface area (Å²) in [6, 6.07) is 7.76. The molecule has 0 bridgehead atoms. The molecule has 0 spiro atoms. The molecule has 1 aliphatic rings. The van der Waals surface area contributed by atoms with Crippen molar-refractivity contribution in [3.8, 4) is 0 Å². The smallest absolute Gasteiger partial charge is 0.304 e. The average molecular weight is 247 g/mol. The van der Waals surface area contributed by atoms with E-state index < -0.39 is 11.4 Å². The highest BCUT2D eigenvalue weighted by atomic mass is 16.5. The third kappa shape index (κ3) is 2.70. The number of aliphatic imine (C=N–C) groups is 1. The molecule has 0 atom stereocenters. The van der Waals surface area contributed by atoms with Crippen molar-refractivity contribution in [3.05, 3.63) is 35.4 Å². The second-order valence-corrected chi connectivity index (χ2v) is 5.07. The van der Waals surface area contributed by atoms with Crippen LogP contribution in [0, 0.1) is 0 Å². The van der Waals surface area contributed by atoms with Gasteiger partial charge in [0.1, 0.15) is 6.61 Å². The van der Waals surface area contributed by atoms with Crippen LogP contribution in [0.4, 0.5) is 0 Å². The Hall–Kier alpha value is -1.84. The minimum atomic E-state index is -0.792. The fraction of sp³-hybridized carbons (Fsp3) is 0.429. The SMILES string of the molecule is CC(C)(CC(=O)O)c1cccc(C2=NCCO2)c1. The van der Waals surface area contributed by atoms with E-state index in [4.69, 9.17) is 9.84 Å². The van der Waals surface area contributed by atoms with E-state index in [0.717, 1.165) is 11.1 Å². The van der Waals surface area contributed by atoms with Gasteiger partial charge < -0.3 is 9.84 Å². The lowest BCUT2D eigenvalue weighted by atomic mass is 9.81. The van der Waals surface area contributed by atoms with Gasteiger partial charge in [0, 0.05) is 11.0 Å². The number of ether oxygens (including phenoxy) is 1. The van der Waals surface area contributed by atoms with Crippen LogP contribution in [0.15, 0.2) is 29.3 Å². The molecule has 0 unspecified atom stereocenters. The maximum Gasteiger partial charge on any atom is 0.304 e. The molecule has 0 aromatic heterocycles. The van der Waals surface area contributed by atoms with Crippen LogP contribution in [0.5, 0.6) is 0 Å². The molecule has 0 radical (unpaired) electrons. The van der Waals surface area contributed by atoms with E-state index in [2.05, 4.69) is 4.99 Å². The van der Waals surface area contributed by atoms with Crippen LogP contribution in [-0.2, 0) is 14.9 Å². The number of hydrogen-bond acceptors (Lipinski definition) is 3. The number of carboxylic acids is 1. The van der Waals surface area contributed by atoms with E-state index in [1.165, 1.54) is 0 Å². The molecular weight excluding hydrogens is 230 g/mol. The Morgan fingerprint density at radius 1 is 1.50 bits per heavy atom. The lowest BCUT2D eigenvalue weighted by molar-refractivity contribution is -0.138. The van der Waals surface area contributed by atoms with Gasteiger partial charge in [0.05, 0.1) is 13.0 Å². The fourth-order valence-electron chi connectivity index (χ4n) is 2.06. The molecule has 96 valence electrons. The van der Waals surface area contributed by atoms with Gasteiger partial charge in [-0.1, -0.05) is 26.0 Å². The van der Waals surface area contributed by atoms with E-state index in [-0.39, 0.29) is 6.42 Å². The lowest BCUT2D eigenvalue weighted by Crippen LogP contribution is -2.22. The monoisotopic (exact) mass is 247 g/mol. The zero-order valence-corrected chi connectivity index (χ0v) is 10.6. The number of nitrogens with zero attached hydrogens (tertiary/aromatic N) is 1. The number of hydrogen-bond donors (Lipinski definition) is 1. The Kier molecular flexibility index (Phi) is 3.36. The quantitative estimate of drug-likeness (QED) is 0.887. The normalized spacial score (nSPS) is 15.1. The fourth-order valence-corrected chi connectivity index (χ4v) is 2.06. The Bertz CT molecular complexity index is 492. The van der Waals surface area contributed by atoms with Crippen molar-refractivity contribution in [2.24, 2.45) is 4.99 Å². The summed E-state index contributed by atoms with van der Waals surface area (Å²) >= 11 is 0. The molecule has 0 fully saturated rings. The van der Waals surface area contributed by atoms with Crippen molar-refractivity contribution in [2.45, 2.75) is 25.7 Å². The molecule has 0 aliphatic carbocycles. The van der Waals surface area contributed by atoms with Gasteiger partial charge >= 0.3 is 5.97 Å². The summed E-state index contributed by atoms with van der Waals surface area (Å²) in [4.78, 5) is 15.1. The summed E-state index contributed by atoms with van der Waals surface area (Å²) < 4.78 is 5.42. The molecule has 0 saturated carbocycles. The molecule has 1 heterocycles. The summed E-state index contributed by atoms with van der Waals surface area (Å²) in [5, 5.41) is 8.94. The first-order valence-corrected chi connectivity index (χ1v) is 5.99. The maximum absolute atomic E-state index is 10.9. The summed E-state index contributed by atoms with van der Waals surface area (Å²) in [5.41, 5.74) is 1.50. The zero-order valence-electron chi connectivity index (χ0n) is 10.6. The molecule has 1 aromatic carbocycles. The highest BCUT2D eigenvalue weighted by Gasteiger charge is 2.25. The first kappa shape index (κ1) is 12.6. The first-order chi connectivity index (χ1) is 8.49. The third-order valence-electron chi connectivity index (χ3n) is 3.07. The molecule has 4 heteroatoms. The van der Waals surface area contributed by atoms with Crippen LogP contribution >= 0.6 is 0 Å². The number of aliphatic carboxylic acids is 1. The van der Waals surface area contributed by atoms with Gasteiger partial charge in [0.2, 0.25) is 5.90 Å². The molecule has 1 N–H and O–H groups in total. The van der Waals surface area contributed by atoms with Crippen molar-refractivity contribution in [3.63, 3.8) is 0 Å². The Morgan fingerprint density at radius 3 is 2.89 bits per heavy atom. The predicted octanol–water partition coefficient (Wildman–Crippen LogP) is 2.22. The van der Waals surface area contributed by atoms with Crippen LogP contribution in [0.2, 0.25) is 0 Å². The number of carbonyl (C=O) groups is 1. The zero-order chi connectivity index (χ0) is 13.2. The van der Waals surface area contributed by atoms with Crippen LogP contribution in [0.1, 0.15) is 31.4 Å². The molecule has 1 aromatic rings. The molecule has 18 heavy (non-hydrogen) atoms. The first-order valence-electron chi connectivity index (χ1n) is 5.99. The summed E-state index contributed by atoms with van der Waals surface area (Å²) in [6.07, 6.45) is 0.101. The van der Waals surface area contributed by atoms with Gasteiger partial charge in [-0.05, 0) is 17.7 Å². The van der Waals surface area contributed by atoms with E-state index in [1.807, 2.05) is 38.1 Å². The van der Waals surface area contributed by atoms with Crippen LogP contribution in [0.3, 0.4) is 0 Å². The van der Waals surface area contributed by atoms with Gasteiger partial charge in [0.15, 0.2) is 0 Å². The average Bonchev–Trinajstić information content (AvgIpc) is 2.81. The summed E-state index contributed by atoms with van der Waals surface area (Å²) in [7, 11) is 0. The van der Waals surface area contributed by atoms with E-state index in [9.17, 15) is 4.79 Å². The number of rotatable bonds is 4. The Morgan fingerprint density at radius 2 is 2.28 bits per heavy atom. The second kappa shape index (κ2) is 4.80. The van der Waals surface area contributed by atoms with Crippen LogP contribution in [-0.4, -0.2) is 30.1 Å². The predicted molar refractivity (Wildman–Crippen MR) is 69.1 cm³/mol. The van der Waals surface area contributed by atoms with Gasteiger partial charge in [-0.2, -0.15) is 0 Å². The summed E-state index contributed by atoms with van der Waals surface area (Å²) in [5.74, 6) is -0.136. The second-order valence-electron chi connectivity index (χ2n) is 5.07. The van der Waals surface area contributed by atoms with Gasteiger partial charge in [0.25, 0.3) is 0 Å². The van der Waals surface area contributed by atoms with Crippen molar-refractivity contribution >= 4 is 11.9 Å². The molecule has 4 nitrogen and oxygen atoms in total. The maximum atomic E-state index is 10.9. The van der Waals surface area contributed by atoms with Crippen molar-refractivity contribution < 1.29 is 14.6 Å². The highest BCUT2D eigenvalue weighted by molar-refractivity contribution is 5.95. The Labute approximate surface area is 106 Å². The van der Waals surface area contributed by atoms with E-state index >= 15 is 0 Å². The van der Waals surface area contributed by atoms with E-state index in [1.54, 1.807) is 0 Å². The van der Waals surface area contributed by atoms with Gasteiger partial charge in [-0.15, -0.1) is 0 Å². The number of carboxylic acid groups (broad SMARTS) is 1. The molecular formula is C14H17NO3. The standard InChI is InChI=1S/C14H17NO3/c1-14(2,9-12(16)17)11-5-3-4-10(8-11)13-15-6-7-18-13/h3-5,8H,6-7,9H2,1-2H3,(H,16,17). The number of benzene rings is 1. The Balaban J connectivity index is 2.29. The topological polar surface area (TPSA) is 58.9 Å². The summed E-state index contributed by atoms with van der Waals surface area (Å²) in [6.45, 7) is 5.17. The molecule has 1 aliphatic heterocycles. The van der Waals surface area contributed by atoms with Crippen LogP contribution < -0.4 is 0 Å². The van der Waals surface area contributed by atoms with Crippen molar-refractivity contribution in [1.82, 2.24) is 0 Å². The van der Waals surface area contributed by atoms with Crippen molar-refractivity contribution in [1.29, 1.82) is 0 Å².